The highest BCUT2D eigenvalue weighted by atomic mass is 35.5. The molecule has 1 atom stereocenters. The van der Waals surface area contributed by atoms with E-state index >= 15 is 0 Å². The van der Waals surface area contributed by atoms with Crippen molar-refractivity contribution in [3.8, 4) is 5.75 Å². The van der Waals surface area contributed by atoms with E-state index in [2.05, 4.69) is 10.1 Å². The summed E-state index contributed by atoms with van der Waals surface area (Å²) in [4.78, 5) is 11.6. The first-order valence-electron chi connectivity index (χ1n) is 4.94. The molecule has 1 unspecified atom stereocenters. The van der Waals surface area contributed by atoms with Crippen molar-refractivity contribution >= 4 is 17.5 Å². The predicted molar refractivity (Wildman–Crippen MR) is 60.7 cm³/mol. The first-order valence-corrected chi connectivity index (χ1v) is 5.48. The summed E-state index contributed by atoms with van der Waals surface area (Å²) in [5.41, 5.74) is 0.250. The van der Waals surface area contributed by atoms with E-state index in [4.69, 9.17) is 11.6 Å². The smallest absolute Gasteiger partial charge is 0.387 e. The Hall–Kier alpha value is -1.36. The number of alkyl halides is 3. The van der Waals surface area contributed by atoms with Crippen molar-refractivity contribution in [1.82, 2.24) is 5.32 Å². The molecule has 1 amide bonds. The monoisotopic (exact) mass is 263 g/mol. The zero-order valence-electron chi connectivity index (χ0n) is 9.12. The maximum Gasteiger partial charge on any atom is 0.387 e. The quantitative estimate of drug-likeness (QED) is 0.830. The molecule has 0 aromatic heterocycles. The molecule has 0 spiro atoms. The van der Waals surface area contributed by atoms with Crippen LogP contribution in [0.4, 0.5) is 8.78 Å². The minimum Gasteiger partial charge on any atom is -0.435 e. The molecule has 0 aliphatic heterocycles. The number of carbonyl (C=O) groups is 1. The molecule has 1 aromatic rings. The van der Waals surface area contributed by atoms with Gasteiger partial charge in [-0.15, -0.1) is 11.6 Å². The van der Waals surface area contributed by atoms with Gasteiger partial charge in [-0.05, 0) is 25.1 Å². The van der Waals surface area contributed by atoms with Crippen molar-refractivity contribution in [3.05, 3.63) is 29.8 Å². The first-order chi connectivity index (χ1) is 8.02. The van der Waals surface area contributed by atoms with Crippen LogP contribution in [0.2, 0.25) is 0 Å². The highest BCUT2D eigenvalue weighted by Gasteiger charge is 2.11. The van der Waals surface area contributed by atoms with Crippen LogP contribution >= 0.6 is 11.6 Å². The van der Waals surface area contributed by atoms with Gasteiger partial charge in [-0.25, -0.2) is 0 Å². The van der Waals surface area contributed by atoms with E-state index in [-0.39, 0.29) is 29.1 Å². The maximum absolute atomic E-state index is 12.0. The number of nitrogens with one attached hydrogen (secondary N) is 1. The fraction of sp³-hybridized carbons (Fsp3) is 0.364. The average Bonchev–Trinajstić information content (AvgIpc) is 2.28. The minimum atomic E-state index is -2.91. The summed E-state index contributed by atoms with van der Waals surface area (Å²) in [6.45, 7) is -1.17. The lowest BCUT2D eigenvalue weighted by Crippen LogP contribution is -2.33. The van der Waals surface area contributed by atoms with E-state index in [0.29, 0.717) is 0 Å². The van der Waals surface area contributed by atoms with E-state index in [9.17, 15) is 13.6 Å². The van der Waals surface area contributed by atoms with Crippen molar-refractivity contribution < 1.29 is 18.3 Å². The van der Waals surface area contributed by atoms with Gasteiger partial charge in [0, 0.05) is 17.5 Å². The van der Waals surface area contributed by atoms with Crippen molar-refractivity contribution in [2.45, 2.75) is 19.6 Å². The number of benzene rings is 1. The second-order valence-electron chi connectivity index (χ2n) is 3.44. The normalized spacial score (nSPS) is 12.3. The van der Waals surface area contributed by atoms with E-state index in [0.717, 1.165) is 0 Å². The van der Waals surface area contributed by atoms with Crippen LogP contribution in [0.5, 0.6) is 5.75 Å². The van der Waals surface area contributed by atoms with Gasteiger partial charge in [-0.2, -0.15) is 8.78 Å². The van der Waals surface area contributed by atoms with Gasteiger partial charge in [0.15, 0.2) is 0 Å². The molecule has 0 radical (unpaired) electrons. The molecular formula is C11H12ClF2NO2. The van der Waals surface area contributed by atoms with Crippen LogP contribution in [-0.2, 0) is 0 Å². The minimum absolute atomic E-state index is 0.0498. The van der Waals surface area contributed by atoms with Gasteiger partial charge in [0.2, 0.25) is 0 Å². The summed E-state index contributed by atoms with van der Waals surface area (Å²) in [5.74, 6) is -0.150. The largest absolute Gasteiger partial charge is 0.435 e. The van der Waals surface area contributed by atoms with E-state index in [1.54, 1.807) is 6.92 Å². The van der Waals surface area contributed by atoms with Crippen LogP contribution in [0.1, 0.15) is 17.3 Å². The first kappa shape index (κ1) is 13.7. The lowest BCUT2D eigenvalue weighted by molar-refractivity contribution is -0.0498. The Morgan fingerprint density at radius 3 is 2.82 bits per heavy atom. The third-order valence-corrected chi connectivity index (χ3v) is 2.39. The van der Waals surface area contributed by atoms with Gasteiger partial charge in [0.1, 0.15) is 5.75 Å². The number of amides is 1. The molecule has 1 N–H and O–H groups in total. The second-order valence-corrected chi connectivity index (χ2v) is 3.74. The number of ether oxygens (including phenoxy) is 1. The summed E-state index contributed by atoms with van der Waals surface area (Å²) in [6.07, 6.45) is 0. The third kappa shape index (κ3) is 4.56. The highest BCUT2D eigenvalue weighted by Crippen LogP contribution is 2.15. The van der Waals surface area contributed by atoms with Crippen LogP contribution in [0.25, 0.3) is 0 Å². The molecule has 6 heteroatoms. The lowest BCUT2D eigenvalue weighted by atomic mass is 10.2. The number of rotatable bonds is 5. The van der Waals surface area contributed by atoms with E-state index in [1.807, 2.05) is 0 Å². The third-order valence-electron chi connectivity index (χ3n) is 1.93. The molecule has 1 aromatic carbocycles. The zero-order valence-corrected chi connectivity index (χ0v) is 9.88. The van der Waals surface area contributed by atoms with Gasteiger partial charge < -0.3 is 10.1 Å². The number of hydrogen-bond acceptors (Lipinski definition) is 2. The standard InChI is InChI=1S/C11H12ClF2NO2/c1-7(6-12)15-10(16)8-3-2-4-9(5-8)17-11(13)14/h2-5,7,11H,6H2,1H3,(H,15,16). The van der Waals surface area contributed by atoms with Gasteiger partial charge in [-0.3, -0.25) is 4.79 Å². The van der Waals surface area contributed by atoms with Crippen molar-refractivity contribution in [3.63, 3.8) is 0 Å². The van der Waals surface area contributed by atoms with Gasteiger partial charge in [0.05, 0.1) is 0 Å². The molecule has 0 heterocycles. The van der Waals surface area contributed by atoms with Crippen LogP contribution < -0.4 is 10.1 Å². The molecule has 1 rings (SSSR count). The highest BCUT2D eigenvalue weighted by molar-refractivity contribution is 6.18. The van der Waals surface area contributed by atoms with E-state index < -0.39 is 6.61 Å². The summed E-state index contributed by atoms with van der Waals surface area (Å²) in [5, 5.41) is 2.61. The summed E-state index contributed by atoms with van der Waals surface area (Å²) in [6, 6.07) is 5.40. The molecule has 0 saturated carbocycles. The Morgan fingerprint density at radius 2 is 2.24 bits per heavy atom. The number of hydrogen-bond donors (Lipinski definition) is 1. The average molecular weight is 264 g/mol. The van der Waals surface area contributed by atoms with Crippen molar-refractivity contribution in [1.29, 1.82) is 0 Å². The SMILES string of the molecule is CC(CCl)NC(=O)c1cccc(OC(F)F)c1. The Morgan fingerprint density at radius 1 is 1.53 bits per heavy atom. The van der Waals surface area contributed by atoms with Crippen molar-refractivity contribution in [2.75, 3.05) is 5.88 Å². The molecule has 0 bridgehead atoms. The van der Waals surface area contributed by atoms with Crippen LogP contribution in [0.15, 0.2) is 24.3 Å². The van der Waals surface area contributed by atoms with Gasteiger partial charge in [0.25, 0.3) is 5.91 Å². The molecule has 0 aliphatic rings. The fourth-order valence-electron chi connectivity index (χ4n) is 1.16. The van der Waals surface area contributed by atoms with Crippen LogP contribution in [-0.4, -0.2) is 24.4 Å². The fourth-order valence-corrected chi connectivity index (χ4v) is 1.24. The van der Waals surface area contributed by atoms with Crippen molar-refractivity contribution in [2.24, 2.45) is 0 Å². The van der Waals surface area contributed by atoms with Gasteiger partial charge in [-0.1, -0.05) is 6.07 Å². The van der Waals surface area contributed by atoms with Gasteiger partial charge >= 0.3 is 6.61 Å². The predicted octanol–water partition coefficient (Wildman–Crippen LogP) is 2.65. The molecule has 0 fully saturated rings. The second kappa shape index (κ2) is 6.39. The Bertz CT molecular complexity index is 387. The topological polar surface area (TPSA) is 38.3 Å². The molecule has 17 heavy (non-hydrogen) atoms. The summed E-state index contributed by atoms with van der Waals surface area (Å²) >= 11 is 5.55. The van der Waals surface area contributed by atoms with Crippen LogP contribution in [0.3, 0.4) is 0 Å². The number of carbonyl (C=O) groups excluding carboxylic acids is 1. The molecule has 3 nitrogen and oxygen atoms in total. The molecular weight excluding hydrogens is 252 g/mol. The maximum atomic E-state index is 12.0. The van der Waals surface area contributed by atoms with E-state index in [1.165, 1.54) is 24.3 Å². The Kier molecular flexibility index (Phi) is 5.15. The Labute approximate surface area is 103 Å². The molecule has 0 saturated heterocycles. The number of halogens is 3. The van der Waals surface area contributed by atoms with Crippen LogP contribution in [0, 0.1) is 0 Å². The zero-order chi connectivity index (χ0) is 12.8. The summed E-state index contributed by atoms with van der Waals surface area (Å²) < 4.78 is 28.2. The molecule has 94 valence electrons. The lowest BCUT2D eigenvalue weighted by Gasteiger charge is -2.11. The molecule has 0 aliphatic carbocycles. The summed E-state index contributed by atoms with van der Waals surface area (Å²) in [7, 11) is 0. The Balaban J connectivity index is 2.73.